The molecule has 22 heavy (non-hydrogen) atoms. The molecule has 0 saturated heterocycles. The summed E-state index contributed by atoms with van der Waals surface area (Å²) in [5.74, 6) is 0.440. The quantitative estimate of drug-likeness (QED) is 0.791. The summed E-state index contributed by atoms with van der Waals surface area (Å²) in [6, 6.07) is 5.29. The fourth-order valence-corrected chi connectivity index (χ4v) is 2.38. The first kappa shape index (κ1) is 16.2. The number of ether oxygens (including phenoxy) is 2. The lowest BCUT2D eigenvalue weighted by Crippen LogP contribution is -2.20. The number of aryl methyl sites for hydroxylation is 1. The van der Waals surface area contributed by atoms with Crippen molar-refractivity contribution in [2.24, 2.45) is 7.05 Å². The van der Waals surface area contributed by atoms with Crippen LogP contribution in [0.1, 0.15) is 16.1 Å². The van der Waals surface area contributed by atoms with Gasteiger partial charge in [-0.2, -0.15) is 4.98 Å². The second-order valence-electron chi connectivity index (χ2n) is 4.83. The van der Waals surface area contributed by atoms with Crippen LogP contribution in [0.2, 0.25) is 5.02 Å². The highest BCUT2D eigenvalue weighted by Gasteiger charge is 2.16. The molecule has 0 bridgehead atoms. The number of aromatic nitrogens is 2. The molecule has 2 rings (SSSR count). The zero-order valence-electron chi connectivity index (χ0n) is 13.0. The van der Waals surface area contributed by atoms with E-state index in [4.69, 9.17) is 21.1 Å². The van der Waals surface area contributed by atoms with E-state index in [0.717, 1.165) is 5.69 Å². The van der Waals surface area contributed by atoms with Crippen LogP contribution in [0.15, 0.2) is 24.4 Å². The molecule has 0 saturated carbocycles. The molecule has 2 heterocycles. The number of rotatable bonds is 5. The summed E-state index contributed by atoms with van der Waals surface area (Å²) < 4.78 is 11.8. The Morgan fingerprint density at radius 2 is 2.14 bits per heavy atom. The largest absolute Gasteiger partial charge is 0.480 e. The van der Waals surface area contributed by atoms with Gasteiger partial charge in [0.15, 0.2) is 0 Å². The third-order valence-electron chi connectivity index (χ3n) is 3.31. The molecule has 0 amide bonds. The average molecular weight is 324 g/mol. The number of pyridine rings is 1. The first-order valence-electron chi connectivity index (χ1n) is 6.61. The van der Waals surface area contributed by atoms with Crippen molar-refractivity contribution in [1.29, 1.82) is 0 Å². The average Bonchev–Trinajstić information content (AvgIpc) is 2.83. The molecule has 6 nitrogen and oxygen atoms in total. The Labute approximate surface area is 134 Å². The van der Waals surface area contributed by atoms with E-state index in [1.807, 2.05) is 35.8 Å². The second-order valence-corrected chi connectivity index (χ2v) is 5.27. The van der Waals surface area contributed by atoms with Gasteiger partial charge in [-0.05, 0) is 18.2 Å². The number of carbonyl (C=O) groups is 1. The Morgan fingerprint density at radius 1 is 1.41 bits per heavy atom. The predicted molar refractivity (Wildman–Crippen MR) is 84.7 cm³/mol. The first-order chi connectivity index (χ1) is 10.5. The van der Waals surface area contributed by atoms with Crippen LogP contribution in [-0.4, -0.2) is 36.8 Å². The van der Waals surface area contributed by atoms with Crippen molar-refractivity contribution >= 4 is 23.4 Å². The Balaban J connectivity index is 2.24. The van der Waals surface area contributed by atoms with E-state index in [1.165, 1.54) is 14.2 Å². The molecule has 0 spiro atoms. The normalized spacial score (nSPS) is 10.4. The minimum atomic E-state index is -0.479. The molecule has 2 aromatic heterocycles. The minimum absolute atomic E-state index is 0.237. The molecule has 0 atom stereocenters. The van der Waals surface area contributed by atoms with Crippen LogP contribution >= 0.6 is 11.6 Å². The van der Waals surface area contributed by atoms with Crippen LogP contribution in [-0.2, 0) is 18.3 Å². The number of esters is 1. The van der Waals surface area contributed by atoms with Gasteiger partial charge in [-0.15, -0.1) is 0 Å². The molecule has 0 aromatic carbocycles. The first-order valence-corrected chi connectivity index (χ1v) is 6.99. The molecule has 0 aliphatic heterocycles. The summed E-state index contributed by atoms with van der Waals surface area (Å²) in [5, 5.41) is 0.692. The highest BCUT2D eigenvalue weighted by atomic mass is 35.5. The summed E-state index contributed by atoms with van der Waals surface area (Å²) in [6.45, 7) is 0.622. The monoisotopic (exact) mass is 323 g/mol. The van der Waals surface area contributed by atoms with E-state index in [-0.39, 0.29) is 5.88 Å². The Morgan fingerprint density at radius 3 is 2.68 bits per heavy atom. The van der Waals surface area contributed by atoms with E-state index >= 15 is 0 Å². The van der Waals surface area contributed by atoms with Gasteiger partial charge in [0.05, 0.1) is 25.8 Å². The summed E-state index contributed by atoms with van der Waals surface area (Å²) in [7, 11) is 6.63. The highest BCUT2D eigenvalue weighted by molar-refractivity contribution is 6.30. The Kier molecular flexibility index (Phi) is 4.92. The molecule has 0 fully saturated rings. The number of halogens is 1. The third kappa shape index (κ3) is 3.33. The van der Waals surface area contributed by atoms with Crippen LogP contribution < -0.4 is 9.64 Å². The zero-order chi connectivity index (χ0) is 16.3. The fraction of sp³-hybridized carbons (Fsp3) is 0.333. The van der Waals surface area contributed by atoms with Crippen molar-refractivity contribution in [3.8, 4) is 5.88 Å². The molecule has 0 N–H and O–H groups in total. The molecule has 0 aliphatic carbocycles. The van der Waals surface area contributed by atoms with Gasteiger partial charge >= 0.3 is 5.97 Å². The van der Waals surface area contributed by atoms with Gasteiger partial charge in [0.2, 0.25) is 5.88 Å². The summed E-state index contributed by atoms with van der Waals surface area (Å²) in [4.78, 5) is 17.9. The van der Waals surface area contributed by atoms with Crippen LogP contribution in [0.3, 0.4) is 0 Å². The summed E-state index contributed by atoms with van der Waals surface area (Å²) in [6.07, 6.45) is 1.85. The Bertz CT molecular complexity index is 685. The van der Waals surface area contributed by atoms with Gasteiger partial charge in [0.1, 0.15) is 11.4 Å². The topological polar surface area (TPSA) is 56.6 Å². The number of hydrogen-bond acceptors (Lipinski definition) is 5. The van der Waals surface area contributed by atoms with Crippen LogP contribution in [0, 0.1) is 0 Å². The van der Waals surface area contributed by atoms with Gasteiger partial charge in [-0.1, -0.05) is 11.6 Å². The maximum absolute atomic E-state index is 11.6. The van der Waals surface area contributed by atoms with E-state index in [2.05, 4.69) is 4.98 Å². The minimum Gasteiger partial charge on any atom is -0.480 e. The van der Waals surface area contributed by atoms with Crippen molar-refractivity contribution < 1.29 is 14.3 Å². The van der Waals surface area contributed by atoms with E-state index in [1.54, 1.807) is 12.1 Å². The summed E-state index contributed by atoms with van der Waals surface area (Å²) >= 11 is 5.99. The van der Waals surface area contributed by atoms with Gasteiger partial charge in [-0.25, -0.2) is 4.79 Å². The maximum atomic E-state index is 11.6. The van der Waals surface area contributed by atoms with E-state index in [0.29, 0.717) is 22.9 Å². The molecule has 0 aliphatic rings. The van der Waals surface area contributed by atoms with Crippen molar-refractivity contribution in [1.82, 2.24) is 9.55 Å². The van der Waals surface area contributed by atoms with Crippen molar-refractivity contribution in [2.45, 2.75) is 6.54 Å². The molecular formula is C15H18ClN3O3. The molecular weight excluding hydrogens is 306 g/mol. The van der Waals surface area contributed by atoms with Gasteiger partial charge in [0, 0.05) is 26.0 Å². The molecule has 118 valence electrons. The molecule has 0 radical (unpaired) electrons. The van der Waals surface area contributed by atoms with Crippen molar-refractivity contribution in [3.63, 3.8) is 0 Å². The Hall–Kier alpha value is -2.21. The highest BCUT2D eigenvalue weighted by Crippen LogP contribution is 2.23. The molecule has 0 unspecified atom stereocenters. The fourth-order valence-electron chi connectivity index (χ4n) is 2.11. The van der Waals surface area contributed by atoms with Crippen molar-refractivity contribution in [2.75, 3.05) is 26.2 Å². The molecule has 2 aromatic rings. The lowest BCUT2D eigenvalue weighted by molar-refractivity contribution is 0.0596. The van der Waals surface area contributed by atoms with E-state index < -0.39 is 5.97 Å². The number of nitrogens with zero attached hydrogens (tertiary/aromatic N) is 3. The predicted octanol–water partition coefficient (Wildman–Crippen LogP) is 2.51. The number of hydrogen-bond donors (Lipinski definition) is 0. The number of carbonyl (C=O) groups excluding carboxylic acids is 1. The zero-order valence-corrected chi connectivity index (χ0v) is 13.7. The second kappa shape index (κ2) is 6.70. The smallest absolute Gasteiger partial charge is 0.343 e. The molecule has 7 heteroatoms. The standard InChI is InChI=1S/C15H18ClN3O3/c1-18-8-10(16)7-11(18)9-19(2)13-6-5-12(15(20)22-4)14(17-13)21-3/h5-8H,9H2,1-4H3. The number of anilines is 1. The maximum Gasteiger partial charge on any atom is 0.343 e. The van der Waals surface area contributed by atoms with Gasteiger partial charge in [-0.3, -0.25) is 0 Å². The lowest BCUT2D eigenvalue weighted by Gasteiger charge is -2.19. The SMILES string of the molecule is COC(=O)c1ccc(N(C)Cc2cc(Cl)cn2C)nc1OC. The van der Waals surface area contributed by atoms with Gasteiger partial charge in [0.25, 0.3) is 0 Å². The number of methoxy groups -OCH3 is 2. The van der Waals surface area contributed by atoms with E-state index in [9.17, 15) is 4.79 Å². The lowest BCUT2D eigenvalue weighted by atomic mass is 10.2. The third-order valence-corrected chi connectivity index (χ3v) is 3.52. The summed E-state index contributed by atoms with van der Waals surface area (Å²) in [5.41, 5.74) is 1.34. The van der Waals surface area contributed by atoms with Gasteiger partial charge < -0.3 is 18.9 Å². The van der Waals surface area contributed by atoms with Crippen LogP contribution in [0.5, 0.6) is 5.88 Å². The van der Waals surface area contributed by atoms with Crippen LogP contribution in [0.4, 0.5) is 5.82 Å². The van der Waals surface area contributed by atoms with Crippen LogP contribution in [0.25, 0.3) is 0 Å². The van der Waals surface area contributed by atoms with Crippen molar-refractivity contribution in [3.05, 3.63) is 40.7 Å².